The number of pyridine rings is 1. The first-order valence-corrected chi connectivity index (χ1v) is 8.91. The van der Waals surface area contributed by atoms with Crippen LogP contribution in [0.25, 0.3) is 11.0 Å². The van der Waals surface area contributed by atoms with Crippen molar-refractivity contribution in [3.05, 3.63) is 53.3 Å². The Balaban J connectivity index is 1.77. The lowest BCUT2D eigenvalue weighted by Gasteiger charge is -2.10. The molecule has 0 bridgehead atoms. The van der Waals surface area contributed by atoms with Gasteiger partial charge in [0.25, 0.3) is 5.91 Å². The summed E-state index contributed by atoms with van der Waals surface area (Å²) in [7, 11) is 0. The van der Waals surface area contributed by atoms with Crippen molar-refractivity contribution in [2.75, 3.05) is 6.61 Å². The molecule has 146 valence electrons. The molecule has 28 heavy (non-hydrogen) atoms. The fourth-order valence-corrected chi connectivity index (χ4v) is 2.88. The number of rotatable bonds is 7. The van der Waals surface area contributed by atoms with Gasteiger partial charge in [-0.05, 0) is 44.5 Å². The summed E-state index contributed by atoms with van der Waals surface area (Å²) < 4.78 is 6.96. The molecule has 1 aromatic carbocycles. The molecular formula is C20H22N4O4. The third-order valence-electron chi connectivity index (χ3n) is 4.14. The van der Waals surface area contributed by atoms with Gasteiger partial charge in [0.2, 0.25) is 0 Å². The van der Waals surface area contributed by atoms with E-state index in [1.54, 1.807) is 35.1 Å². The molecule has 3 rings (SSSR count). The lowest BCUT2D eigenvalue weighted by molar-refractivity contribution is -0.139. The highest BCUT2D eigenvalue weighted by Crippen LogP contribution is 2.21. The fraction of sp³-hybridized carbons (Fsp3) is 0.300. The maximum Gasteiger partial charge on any atom is 0.341 e. The van der Waals surface area contributed by atoms with Gasteiger partial charge in [-0.2, -0.15) is 5.10 Å². The lowest BCUT2D eigenvalue weighted by Crippen LogP contribution is -2.23. The first kappa shape index (κ1) is 19.3. The molecule has 0 aliphatic carbocycles. The summed E-state index contributed by atoms with van der Waals surface area (Å²) >= 11 is 0. The van der Waals surface area contributed by atoms with Crippen LogP contribution in [-0.4, -0.2) is 38.4 Å². The van der Waals surface area contributed by atoms with Gasteiger partial charge in [0.05, 0.1) is 17.1 Å². The number of hydrogen-bond donors (Lipinski definition) is 2. The van der Waals surface area contributed by atoms with Crippen LogP contribution >= 0.6 is 0 Å². The quantitative estimate of drug-likeness (QED) is 0.651. The highest BCUT2D eigenvalue weighted by Gasteiger charge is 2.16. The first-order valence-electron chi connectivity index (χ1n) is 8.91. The van der Waals surface area contributed by atoms with Gasteiger partial charge >= 0.3 is 5.97 Å². The molecule has 8 heteroatoms. The second-order valence-corrected chi connectivity index (χ2v) is 6.74. The van der Waals surface area contributed by atoms with Gasteiger partial charge in [-0.15, -0.1) is 0 Å². The average Bonchev–Trinajstić information content (AvgIpc) is 3.08. The van der Waals surface area contributed by atoms with Gasteiger partial charge < -0.3 is 15.2 Å². The minimum Gasteiger partial charge on any atom is -0.482 e. The summed E-state index contributed by atoms with van der Waals surface area (Å²) in [5, 5.41) is 16.6. The fourth-order valence-electron chi connectivity index (χ4n) is 2.88. The number of hydrogen-bond acceptors (Lipinski definition) is 5. The Labute approximate surface area is 162 Å². The highest BCUT2D eigenvalue weighted by molar-refractivity contribution is 6.05. The first-order chi connectivity index (χ1) is 13.3. The van der Waals surface area contributed by atoms with Crippen molar-refractivity contribution in [3.63, 3.8) is 0 Å². The van der Waals surface area contributed by atoms with Crippen molar-refractivity contribution in [1.82, 2.24) is 20.1 Å². The van der Waals surface area contributed by atoms with Crippen LogP contribution in [0.3, 0.4) is 0 Å². The zero-order valence-electron chi connectivity index (χ0n) is 16.0. The number of ether oxygens (including phenoxy) is 1. The van der Waals surface area contributed by atoms with Crippen molar-refractivity contribution in [3.8, 4) is 5.75 Å². The van der Waals surface area contributed by atoms with E-state index in [1.165, 1.54) is 0 Å². The van der Waals surface area contributed by atoms with Crippen LogP contribution in [0.2, 0.25) is 0 Å². The number of amides is 1. The predicted octanol–water partition coefficient (Wildman–Crippen LogP) is 2.71. The van der Waals surface area contributed by atoms with E-state index in [0.29, 0.717) is 22.3 Å². The van der Waals surface area contributed by atoms with Gasteiger partial charge in [-0.25, -0.2) is 14.5 Å². The van der Waals surface area contributed by atoms with Crippen molar-refractivity contribution < 1.29 is 19.4 Å². The zero-order chi connectivity index (χ0) is 20.3. The minimum absolute atomic E-state index is 0.135. The number of aromatic nitrogens is 3. The van der Waals surface area contributed by atoms with Crippen molar-refractivity contribution in [2.24, 2.45) is 0 Å². The van der Waals surface area contributed by atoms with Crippen LogP contribution in [-0.2, 0) is 11.3 Å². The Morgan fingerprint density at radius 1 is 1.29 bits per heavy atom. The summed E-state index contributed by atoms with van der Waals surface area (Å²) in [4.78, 5) is 27.9. The van der Waals surface area contributed by atoms with Gasteiger partial charge in [-0.3, -0.25) is 4.79 Å². The number of aryl methyl sites for hydroxylation is 1. The van der Waals surface area contributed by atoms with Crippen LogP contribution in [0.15, 0.2) is 36.5 Å². The van der Waals surface area contributed by atoms with E-state index in [2.05, 4.69) is 15.4 Å². The van der Waals surface area contributed by atoms with E-state index in [9.17, 15) is 9.59 Å². The van der Waals surface area contributed by atoms with Gasteiger partial charge in [-0.1, -0.05) is 12.1 Å². The average molecular weight is 382 g/mol. The normalized spacial score (nSPS) is 11.0. The van der Waals surface area contributed by atoms with E-state index in [-0.39, 0.29) is 18.5 Å². The number of aliphatic carboxylic acids is 1. The maximum absolute atomic E-state index is 12.8. The number of benzene rings is 1. The van der Waals surface area contributed by atoms with E-state index in [1.807, 2.05) is 26.8 Å². The SMILES string of the molecule is Cc1cc(C(=O)NCc2cccc(OCC(=O)O)c2)c2cnn(C(C)C)c2n1. The number of carboxylic acids is 1. The molecule has 2 N–H and O–H groups in total. The lowest BCUT2D eigenvalue weighted by atomic mass is 10.1. The van der Waals surface area contributed by atoms with Crippen LogP contribution in [0.1, 0.15) is 41.5 Å². The van der Waals surface area contributed by atoms with Gasteiger partial charge in [0.15, 0.2) is 12.3 Å². The maximum atomic E-state index is 12.8. The van der Waals surface area contributed by atoms with Crippen LogP contribution in [0.4, 0.5) is 0 Å². The number of carboxylic acid groups (broad SMARTS) is 1. The molecule has 0 aliphatic heterocycles. The molecular weight excluding hydrogens is 360 g/mol. The van der Waals surface area contributed by atoms with Gasteiger partial charge in [0, 0.05) is 18.3 Å². The summed E-state index contributed by atoms with van der Waals surface area (Å²) in [5.41, 5.74) is 2.75. The van der Waals surface area contributed by atoms with E-state index in [0.717, 1.165) is 11.3 Å². The Morgan fingerprint density at radius 2 is 2.07 bits per heavy atom. The summed E-state index contributed by atoms with van der Waals surface area (Å²) in [6.45, 7) is 5.73. The van der Waals surface area contributed by atoms with Gasteiger partial charge in [0.1, 0.15) is 5.75 Å². The zero-order valence-corrected chi connectivity index (χ0v) is 16.0. The van der Waals surface area contributed by atoms with E-state index in [4.69, 9.17) is 9.84 Å². The smallest absolute Gasteiger partial charge is 0.341 e. The van der Waals surface area contributed by atoms with Crippen LogP contribution in [0, 0.1) is 6.92 Å². The molecule has 0 unspecified atom stereocenters. The van der Waals surface area contributed by atoms with E-state index >= 15 is 0 Å². The monoisotopic (exact) mass is 382 g/mol. The van der Waals surface area contributed by atoms with Crippen molar-refractivity contribution >= 4 is 22.9 Å². The molecule has 0 fully saturated rings. The second kappa shape index (κ2) is 8.08. The third kappa shape index (κ3) is 4.28. The molecule has 0 saturated heterocycles. The Kier molecular flexibility index (Phi) is 5.58. The highest BCUT2D eigenvalue weighted by atomic mass is 16.5. The Bertz CT molecular complexity index is 1030. The summed E-state index contributed by atoms with van der Waals surface area (Å²) in [5.74, 6) is -0.831. The predicted molar refractivity (Wildman–Crippen MR) is 103 cm³/mol. The van der Waals surface area contributed by atoms with E-state index < -0.39 is 12.6 Å². The Morgan fingerprint density at radius 3 is 2.79 bits per heavy atom. The molecule has 3 aromatic rings. The molecule has 0 spiro atoms. The molecule has 0 atom stereocenters. The third-order valence-corrected chi connectivity index (χ3v) is 4.14. The Hall–Kier alpha value is -3.42. The molecule has 0 aliphatic rings. The number of carbonyl (C=O) groups excluding carboxylic acids is 1. The number of nitrogens with one attached hydrogen (secondary N) is 1. The minimum atomic E-state index is -1.04. The summed E-state index contributed by atoms with van der Waals surface area (Å²) in [6.07, 6.45) is 1.66. The largest absolute Gasteiger partial charge is 0.482 e. The molecule has 2 heterocycles. The topological polar surface area (TPSA) is 106 Å². The number of nitrogens with zero attached hydrogens (tertiary/aromatic N) is 3. The number of carbonyl (C=O) groups is 2. The molecule has 8 nitrogen and oxygen atoms in total. The molecule has 0 saturated carbocycles. The molecule has 0 radical (unpaired) electrons. The second-order valence-electron chi connectivity index (χ2n) is 6.74. The summed E-state index contributed by atoms with van der Waals surface area (Å²) in [6, 6.07) is 8.84. The van der Waals surface area contributed by atoms with Crippen LogP contribution in [0.5, 0.6) is 5.75 Å². The van der Waals surface area contributed by atoms with Crippen molar-refractivity contribution in [2.45, 2.75) is 33.4 Å². The molecule has 1 amide bonds. The molecule has 2 aromatic heterocycles. The van der Waals surface area contributed by atoms with Crippen molar-refractivity contribution in [1.29, 1.82) is 0 Å². The van der Waals surface area contributed by atoms with Crippen LogP contribution < -0.4 is 10.1 Å². The standard InChI is InChI=1S/C20H22N4O4/c1-12(2)24-19-17(10-22-24)16(7-13(3)23-19)20(27)21-9-14-5-4-6-15(8-14)28-11-18(25)26/h4-8,10,12H,9,11H2,1-3H3,(H,21,27)(H,25,26). The number of fused-ring (bicyclic) bond motifs is 1.